The first-order valence-electron chi connectivity index (χ1n) is 4.93. The second-order valence-corrected chi connectivity index (χ2v) is 3.76. The molecule has 1 aromatic rings. The van der Waals surface area contributed by atoms with Crippen molar-refractivity contribution < 1.29 is 5.11 Å². The van der Waals surface area contributed by atoms with Gasteiger partial charge in [-0.25, -0.2) is 0 Å². The summed E-state index contributed by atoms with van der Waals surface area (Å²) in [6.07, 6.45) is 5.72. The van der Waals surface area contributed by atoms with E-state index in [2.05, 4.69) is 6.08 Å². The van der Waals surface area contributed by atoms with E-state index in [0.717, 1.165) is 11.1 Å². The molecule has 0 aliphatic carbocycles. The molecule has 2 rings (SSSR count). The maximum atomic E-state index is 11.5. The normalized spacial score (nSPS) is 19.8. The lowest BCUT2D eigenvalue weighted by Crippen LogP contribution is -2.39. The Hall–Kier alpha value is -1.63. The van der Waals surface area contributed by atoms with Crippen molar-refractivity contribution in [3.63, 3.8) is 0 Å². The molecule has 0 amide bonds. The Morgan fingerprint density at radius 2 is 1.93 bits per heavy atom. The Morgan fingerprint density at radius 3 is 2.53 bits per heavy atom. The van der Waals surface area contributed by atoms with Crippen LogP contribution in [0.3, 0.4) is 0 Å². The molecule has 0 radical (unpaired) electrons. The highest BCUT2D eigenvalue weighted by molar-refractivity contribution is 5.73. The molecule has 1 unspecified atom stereocenters. The molecule has 0 spiro atoms. The van der Waals surface area contributed by atoms with Crippen molar-refractivity contribution in [3.8, 4) is 0 Å². The Labute approximate surface area is 90.2 Å². The summed E-state index contributed by atoms with van der Waals surface area (Å²) in [6, 6.07) is 8.10. The van der Waals surface area contributed by atoms with Gasteiger partial charge in [0.2, 0.25) is 0 Å². The number of rotatable bonds is 1. The van der Waals surface area contributed by atoms with Crippen molar-refractivity contribution in [2.75, 3.05) is 7.05 Å². The molecular weight excluding hydrogens is 186 g/mol. The summed E-state index contributed by atoms with van der Waals surface area (Å²) in [4.78, 5) is 1.59. The van der Waals surface area contributed by atoms with Crippen LogP contribution in [0, 0.1) is 13.0 Å². The molecular formula is C13H13NO. The first-order chi connectivity index (χ1) is 7.16. The first-order valence-corrected chi connectivity index (χ1v) is 4.93. The van der Waals surface area contributed by atoms with E-state index < -0.39 is 6.23 Å². The molecule has 0 bridgehead atoms. The quantitative estimate of drug-likeness (QED) is 0.638. The molecule has 0 saturated heterocycles. The van der Waals surface area contributed by atoms with Gasteiger partial charge in [0, 0.05) is 25.3 Å². The summed E-state index contributed by atoms with van der Waals surface area (Å²) in [5, 5.41) is 11.5. The molecule has 15 heavy (non-hydrogen) atoms. The highest BCUT2D eigenvalue weighted by atomic mass is 16.3. The molecule has 0 aromatic heterocycles. The van der Waals surface area contributed by atoms with Crippen LogP contribution in [0.15, 0.2) is 36.5 Å². The second kappa shape index (κ2) is 3.85. The summed E-state index contributed by atoms with van der Waals surface area (Å²) in [5.41, 5.74) is 3.15. The summed E-state index contributed by atoms with van der Waals surface area (Å²) < 4.78 is 0. The van der Waals surface area contributed by atoms with E-state index in [0.29, 0.717) is 0 Å². The van der Waals surface area contributed by atoms with Gasteiger partial charge in [-0.05, 0) is 24.6 Å². The predicted molar refractivity (Wildman–Crippen MR) is 58.5 cm³/mol. The average Bonchev–Trinajstić information content (AvgIpc) is 2.23. The van der Waals surface area contributed by atoms with Crippen molar-refractivity contribution in [1.29, 1.82) is 0 Å². The fraction of sp³-hybridized carbons (Fsp3) is 0.231. The van der Waals surface area contributed by atoms with Crippen LogP contribution in [0.2, 0.25) is 0 Å². The lowest BCUT2D eigenvalue weighted by atomic mass is 10.0. The maximum absolute atomic E-state index is 11.5. The number of nitrogens with zero attached hydrogens (tertiary/aromatic N) is 1. The SMILES string of the molecule is Cc1ccc(C2=[C+]C([O-])N(C)C=C2)cc1. The molecule has 0 N–H and O–H groups in total. The zero-order valence-electron chi connectivity index (χ0n) is 8.90. The minimum Gasteiger partial charge on any atom is -0.815 e. The van der Waals surface area contributed by atoms with Crippen LogP contribution in [-0.2, 0) is 0 Å². The number of likely N-dealkylation sites (N-methyl/N-ethyl adjacent to an activating group) is 1. The number of benzene rings is 1. The largest absolute Gasteiger partial charge is 0.815 e. The lowest BCUT2D eigenvalue weighted by Gasteiger charge is -2.26. The Kier molecular flexibility index (Phi) is 2.55. The van der Waals surface area contributed by atoms with Crippen LogP contribution >= 0.6 is 0 Å². The van der Waals surface area contributed by atoms with Gasteiger partial charge in [-0.1, -0.05) is 0 Å². The smallest absolute Gasteiger partial charge is 0.193 e. The van der Waals surface area contributed by atoms with Crippen molar-refractivity contribution >= 4 is 5.57 Å². The van der Waals surface area contributed by atoms with Crippen molar-refractivity contribution in [2.24, 2.45) is 0 Å². The minimum absolute atomic E-state index is 0.883. The van der Waals surface area contributed by atoms with E-state index >= 15 is 0 Å². The van der Waals surface area contributed by atoms with Gasteiger partial charge in [-0.15, -0.1) is 0 Å². The number of hydrogen-bond acceptors (Lipinski definition) is 2. The van der Waals surface area contributed by atoms with Crippen molar-refractivity contribution in [3.05, 3.63) is 53.7 Å². The fourth-order valence-electron chi connectivity index (χ4n) is 1.47. The monoisotopic (exact) mass is 199 g/mol. The fourth-order valence-corrected chi connectivity index (χ4v) is 1.47. The lowest BCUT2D eigenvalue weighted by molar-refractivity contribution is -0.435. The van der Waals surface area contributed by atoms with Gasteiger partial charge >= 0.3 is 0 Å². The molecule has 76 valence electrons. The van der Waals surface area contributed by atoms with Crippen molar-refractivity contribution in [2.45, 2.75) is 13.2 Å². The molecule has 1 aromatic carbocycles. The summed E-state index contributed by atoms with van der Waals surface area (Å²) in [6.45, 7) is 2.04. The maximum Gasteiger partial charge on any atom is 0.193 e. The highest BCUT2D eigenvalue weighted by Gasteiger charge is 2.15. The zero-order chi connectivity index (χ0) is 10.8. The third kappa shape index (κ3) is 2.07. The van der Waals surface area contributed by atoms with Crippen LogP contribution in [0.25, 0.3) is 5.57 Å². The molecule has 1 heterocycles. The van der Waals surface area contributed by atoms with Gasteiger partial charge in [-0.3, -0.25) is 0 Å². The van der Waals surface area contributed by atoms with Crippen LogP contribution in [0.5, 0.6) is 0 Å². The third-order valence-corrected chi connectivity index (χ3v) is 2.49. The molecule has 0 saturated carbocycles. The van der Waals surface area contributed by atoms with E-state index in [1.165, 1.54) is 5.56 Å². The number of aryl methyl sites for hydroxylation is 1. The van der Waals surface area contributed by atoms with E-state index in [1.54, 1.807) is 18.1 Å². The molecule has 2 heteroatoms. The Balaban J connectivity index is 2.29. The number of allylic oxidation sites excluding steroid dienone is 2. The van der Waals surface area contributed by atoms with Gasteiger partial charge in [-0.2, -0.15) is 0 Å². The molecule has 0 fully saturated rings. The van der Waals surface area contributed by atoms with Gasteiger partial charge in [0.05, 0.1) is 24.1 Å². The zero-order valence-corrected chi connectivity index (χ0v) is 8.90. The summed E-state index contributed by atoms with van der Waals surface area (Å²) in [7, 11) is 1.76. The second-order valence-electron chi connectivity index (χ2n) is 3.76. The van der Waals surface area contributed by atoms with Crippen LogP contribution in [-0.4, -0.2) is 18.2 Å². The average molecular weight is 199 g/mol. The molecule has 1 atom stereocenters. The molecule has 1 aliphatic heterocycles. The minimum atomic E-state index is -0.897. The van der Waals surface area contributed by atoms with Crippen molar-refractivity contribution in [1.82, 2.24) is 4.90 Å². The van der Waals surface area contributed by atoms with Crippen LogP contribution in [0.4, 0.5) is 0 Å². The Morgan fingerprint density at radius 1 is 1.27 bits per heavy atom. The Bertz CT molecular complexity index is 403. The van der Waals surface area contributed by atoms with E-state index in [9.17, 15) is 5.11 Å². The van der Waals surface area contributed by atoms with Gasteiger partial charge in [0.1, 0.15) is 0 Å². The third-order valence-electron chi connectivity index (χ3n) is 2.49. The van der Waals surface area contributed by atoms with Gasteiger partial charge in [0.15, 0.2) is 5.57 Å². The van der Waals surface area contributed by atoms with E-state index in [-0.39, 0.29) is 0 Å². The van der Waals surface area contributed by atoms with Gasteiger partial charge in [0.25, 0.3) is 0 Å². The standard InChI is InChI=1S/C13H13NO/c1-10-3-5-11(6-4-10)12-7-8-14(2)13(15)9-12/h3-8,13H,1-2H3. The first kappa shape index (κ1) is 9.91. The molecule has 1 aliphatic rings. The van der Waals surface area contributed by atoms with Crippen LogP contribution in [0.1, 0.15) is 11.1 Å². The highest BCUT2D eigenvalue weighted by Crippen LogP contribution is 2.20. The summed E-state index contributed by atoms with van der Waals surface area (Å²) >= 11 is 0. The predicted octanol–water partition coefficient (Wildman–Crippen LogP) is 1.33. The topological polar surface area (TPSA) is 26.3 Å². The van der Waals surface area contributed by atoms with Crippen LogP contribution < -0.4 is 5.11 Å². The van der Waals surface area contributed by atoms with Gasteiger partial charge < -0.3 is 10.0 Å². The summed E-state index contributed by atoms with van der Waals surface area (Å²) in [5.74, 6) is 0. The van der Waals surface area contributed by atoms with E-state index in [4.69, 9.17) is 0 Å². The van der Waals surface area contributed by atoms with E-state index in [1.807, 2.05) is 37.3 Å². The molecule has 2 nitrogen and oxygen atoms in total. The number of hydrogen-bond donors (Lipinski definition) is 0.